The molecule has 2 heterocycles. The zero-order valence-electron chi connectivity index (χ0n) is 30.8. The Labute approximate surface area is 329 Å². The summed E-state index contributed by atoms with van der Waals surface area (Å²) in [6.07, 6.45) is 0. The van der Waals surface area contributed by atoms with E-state index in [2.05, 4.69) is 170 Å². The number of furan rings is 1. The van der Waals surface area contributed by atoms with Crippen molar-refractivity contribution in [3.8, 4) is 67.5 Å². The van der Waals surface area contributed by atoms with Crippen LogP contribution in [0.4, 0.5) is 0 Å². The zero-order valence-corrected chi connectivity index (χ0v) is 30.8. The summed E-state index contributed by atoms with van der Waals surface area (Å²) in [5.74, 6) is 1.88. The molecule has 0 bridgehead atoms. The summed E-state index contributed by atoms with van der Waals surface area (Å²) < 4.78 is 6.57. The molecular weight excluding hydrogens is 695 g/mol. The Balaban J connectivity index is 1.00. The molecule has 266 valence electrons. The second-order valence-electron chi connectivity index (χ2n) is 14.4. The van der Waals surface area contributed by atoms with Crippen molar-refractivity contribution in [3.05, 3.63) is 200 Å². The number of rotatable bonds is 6. The van der Waals surface area contributed by atoms with Gasteiger partial charge in [0.15, 0.2) is 17.5 Å². The normalized spacial score (nSPS) is 11.5. The molecule has 11 aromatic rings. The van der Waals surface area contributed by atoms with Crippen molar-refractivity contribution < 1.29 is 4.42 Å². The van der Waals surface area contributed by atoms with E-state index in [0.29, 0.717) is 17.5 Å². The fourth-order valence-corrected chi connectivity index (χ4v) is 8.00. The van der Waals surface area contributed by atoms with Crippen LogP contribution in [0.25, 0.3) is 111 Å². The molecule has 0 aliphatic rings. The van der Waals surface area contributed by atoms with E-state index in [1.165, 1.54) is 32.8 Å². The minimum Gasteiger partial charge on any atom is -0.455 e. The van der Waals surface area contributed by atoms with E-state index in [1.807, 2.05) is 30.3 Å². The number of benzene rings is 9. The van der Waals surface area contributed by atoms with E-state index in [1.54, 1.807) is 0 Å². The highest BCUT2D eigenvalue weighted by molar-refractivity contribution is 6.19. The van der Waals surface area contributed by atoms with Gasteiger partial charge in [-0.25, -0.2) is 15.0 Å². The zero-order chi connectivity index (χ0) is 37.7. The van der Waals surface area contributed by atoms with Gasteiger partial charge in [-0.05, 0) is 79.9 Å². The van der Waals surface area contributed by atoms with Gasteiger partial charge >= 0.3 is 0 Å². The van der Waals surface area contributed by atoms with Gasteiger partial charge in [-0.2, -0.15) is 0 Å². The maximum atomic E-state index is 6.57. The Hall–Kier alpha value is -7.69. The lowest BCUT2D eigenvalue weighted by Crippen LogP contribution is -2.00. The number of hydrogen-bond acceptors (Lipinski definition) is 4. The molecule has 0 atom stereocenters. The maximum absolute atomic E-state index is 6.57. The lowest BCUT2D eigenvalue weighted by Gasteiger charge is -2.10. The Bertz CT molecular complexity index is 3280. The molecule has 0 fully saturated rings. The third-order valence-electron chi connectivity index (χ3n) is 10.9. The summed E-state index contributed by atoms with van der Waals surface area (Å²) in [7, 11) is 0. The van der Waals surface area contributed by atoms with Crippen LogP contribution in [0.3, 0.4) is 0 Å². The van der Waals surface area contributed by atoms with Gasteiger partial charge in [0, 0.05) is 32.8 Å². The van der Waals surface area contributed by atoms with Crippen LogP contribution in [0.1, 0.15) is 0 Å². The topological polar surface area (TPSA) is 51.8 Å². The molecule has 0 radical (unpaired) electrons. The van der Waals surface area contributed by atoms with E-state index >= 15 is 0 Å². The van der Waals surface area contributed by atoms with Gasteiger partial charge in [-0.1, -0.05) is 170 Å². The van der Waals surface area contributed by atoms with Gasteiger partial charge in [0.2, 0.25) is 0 Å². The first-order valence-electron chi connectivity index (χ1n) is 19.2. The fraction of sp³-hybridized carbons (Fsp3) is 0. The minimum absolute atomic E-state index is 0.619. The molecule has 11 rings (SSSR count). The molecule has 0 amide bonds. The van der Waals surface area contributed by atoms with Crippen molar-refractivity contribution >= 4 is 43.5 Å². The maximum Gasteiger partial charge on any atom is 0.164 e. The third kappa shape index (κ3) is 5.92. The molecule has 0 unspecified atom stereocenters. The Morgan fingerprint density at radius 1 is 0.281 bits per heavy atom. The lowest BCUT2D eigenvalue weighted by atomic mass is 9.94. The molecule has 9 aromatic carbocycles. The van der Waals surface area contributed by atoms with E-state index in [-0.39, 0.29) is 0 Å². The molecule has 0 aliphatic heterocycles. The van der Waals surface area contributed by atoms with Crippen molar-refractivity contribution in [2.45, 2.75) is 0 Å². The molecule has 57 heavy (non-hydrogen) atoms. The molecule has 4 heteroatoms. The quantitative estimate of drug-likeness (QED) is 0.171. The van der Waals surface area contributed by atoms with Crippen LogP contribution >= 0.6 is 0 Å². The van der Waals surface area contributed by atoms with Gasteiger partial charge in [0.05, 0.1) is 0 Å². The van der Waals surface area contributed by atoms with Crippen molar-refractivity contribution in [3.63, 3.8) is 0 Å². The van der Waals surface area contributed by atoms with Gasteiger partial charge in [-0.3, -0.25) is 0 Å². The van der Waals surface area contributed by atoms with Crippen LogP contribution in [0.15, 0.2) is 205 Å². The van der Waals surface area contributed by atoms with E-state index in [9.17, 15) is 0 Å². The highest BCUT2D eigenvalue weighted by Gasteiger charge is 2.17. The van der Waals surface area contributed by atoms with Gasteiger partial charge in [0.1, 0.15) is 11.2 Å². The van der Waals surface area contributed by atoms with E-state index < -0.39 is 0 Å². The van der Waals surface area contributed by atoms with Gasteiger partial charge in [-0.15, -0.1) is 0 Å². The number of hydrogen-bond donors (Lipinski definition) is 0. The van der Waals surface area contributed by atoms with Crippen molar-refractivity contribution in [2.75, 3.05) is 0 Å². The Morgan fingerprint density at radius 2 is 0.807 bits per heavy atom. The predicted molar refractivity (Wildman–Crippen MR) is 235 cm³/mol. The van der Waals surface area contributed by atoms with E-state index in [4.69, 9.17) is 19.4 Å². The van der Waals surface area contributed by atoms with Crippen molar-refractivity contribution in [2.24, 2.45) is 0 Å². The number of nitrogens with zero attached hydrogens (tertiary/aromatic N) is 3. The van der Waals surface area contributed by atoms with Crippen molar-refractivity contribution in [1.82, 2.24) is 15.0 Å². The molecular formula is C53H33N3O. The molecule has 2 aromatic heterocycles. The first kappa shape index (κ1) is 32.7. The predicted octanol–water partition coefficient (Wildman–Crippen LogP) is 14.1. The Morgan fingerprint density at radius 3 is 1.58 bits per heavy atom. The summed E-state index contributed by atoms with van der Waals surface area (Å²) >= 11 is 0. The summed E-state index contributed by atoms with van der Waals surface area (Å²) in [6, 6.07) is 70.0. The Kier molecular flexibility index (Phi) is 7.78. The lowest BCUT2D eigenvalue weighted by molar-refractivity contribution is 0.673. The molecule has 0 N–H and O–H groups in total. The minimum atomic E-state index is 0.619. The standard InChI is InChI=1S/C53H33N3O/c1-3-13-36(14-4-1)46-33-48-47-32-42(28-29-49(47)57-50(48)45-21-10-9-20-44(45)46)40-18-11-19-43(31-40)53-55-51(37-15-5-2-6-16-37)54-52(56-53)38-25-22-35(23-26-38)41-27-24-34-12-7-8-17-39(34)30-41/h1-33H. The third-order valence-corrected chi connectivity index (χ3v) is 10.9. The van der Waals surface area contributed by atoms with Gasteiger partial charge < -0.3 is 4.42 Å². The average molecular weight is 728 g/mol. The van der Waals surface area contributed by atoms with Gasteiger partial charge in [0.25, 0.3) is 0 Å². The first-order chi connectivity index (χ1) is 28.2. The molecule has 0 aliphatic carbocycles. The summed E-state index contributed by atoms with van der Waals surface area (Å²) in [6.45, 7) is 0. The van der Waals surface area contributed by atoms with Crippen molar-refractivity contribution in [1.29, 1.82) is 0 Å². The summed E-state index contributed by atoms with van der Waals surface area (Å²) in [5, 5.41) is 6.92. The van der Waals surface area contributed by atoms with Crippen LogP contribution in [-0.4, -0.2) is 15.0 Å². The van der Waals surface area contributed by atoms with Crippen LogP contribution in [0.2, 0.25) is 0 Å². The highest BCUT2D eigenvalue weighted by Crippen LogP contribution is 2.41. The monoisotopic (exact) mass is 727 g/mol. The van der Waals surface area contributed by atoms with E-state index in [0.717, 1.165) is 60.7 Å². The molecule has 0 spiro atoms. The molecule has 0 saturated heterocycles. The largest absolute Gasteiger partial charge is 0.455 e. The second kappa shape index (κ2) is 13.6. The molecule has 4 nitrogen and oxygen atoms in total. The van der Waals surface area contributed by atoms with Crippen LogP contribution in [0.5, 0.6) is 0 Å². The van der Waals surface area contributed by atoms with Crippen LogP contribution < -0.4 is 0 Å². The number of aromatic nitrogens is 3. The summed E-state index contributed by atoms with van der Waals surface area (Å²) in [5.41, 5.74) is 11.4. The number of fused-ring (bicyclic) bond motifs is 6. The second-order valence-corrected chi connectivity index (χ2v) is 14.4. The SMILES string of the molecule is c1ccc(-c2nc(-c3ccc(-c4ccc5ccccc5c4)cc3)nc(-c3cccc(-c4ccc5oc6c7ccccc7c(-c7ccccc7)cc6c5c4)c3)n2)cc1. The smallest absolute Gasteiger partial charge is 0.164 e. The van der Waals surface area contributed by atoms with Crippen LogP contribution in [0, 0.1) is 0 Å². The summed E-state index contributed by atoms with van der Waals surface area (Å²) in [4.78, 5) is 15.1. The fourth-order valence-electron chi connectivity index (χ4n) is 8.00. The highest BCUT2D eigenvalue weighted by atomic mass is 16.3. The first-order valence-corrected chi connectivity index (χ1v) is 19.2. The average Bonchev–Trinajstić information content (AvgIpc) is 3.67. The molecule has 0 saturated carbocycles. The van der Waals surface area contributed by atoms with Crippen LogP contribution in [-0.2, 0) is 0 Å².